The van der Waals surface area contributed by atoms with E-state index in [1.807, 2.05) is 38.1 Å². The monoisotopic (exact) mass is 455 g/mol. The first-order chi connectivity index (χ1) is 15.3. The number of aromatic nitrogens is 1. The number of methoxy groups -OCH3 is 1. The van der Waals surface area contributed by atoms with E-state index in [9.17, 15) is 9.59 Å². The molecular formula is C25H26ClNO5. The normalized spacial score (nSPS) is 11.8. The molecule has 0 aliphatic carbocycles. The highest BCUT2D eigenvalue weighted by Gasteiger charge is 2.19. The van der Waals surface area contributed by atoms with Crippen LogP contribution in [0, 0.1) is 13.8 Å². The first kappa shape index (κ1) is 23.4. The number of benzene rings is 2. The molecule has 3 rings (SSSR count). The van der Waals surface area contributed by atoms with Gasteiger partial charge in [-0.3, -0.25) is 0 Å². The lowest BCUT2D eigenvalue weighted by Gasteiger charge is -2.16. The maximum absolute atomic E-state index is 12.2. The van der Waals surface area contributed by atoms with E-state index in [4.69, 9.17) is 25.8 Å². The molecule has 0 aliphatic heterocycles. The fourth-order valence-corrected chi connectivity index (χ4v) is 3.77. The van der Waals surface area contributed by atoms with E-state index in [-0.39, 0.29) is 12.6 Å². The molecule has 0 amide bonds. The summed E-state index contributed by atoms with van der Waals surface area (Å²) in [4.78, 5) is 23.9. The third-order valence-electron chi connectivity index (χ3n) is 5.42. The molecule has 1 aromatic heterocycles. The van der Waals surface area contributed by atoms with Crippen LogP contribution in [0.5, 0.6) is 5.75 Å². The highest BCUT2D eigenvalue weighted by molar-refractivity contribution is 6.32. The molecule has 0 N–H and O–H groups in total. The Balaban J connectivity index is 1.95. The number of carbonyl (C=O) groups excluding carboxylic acids is 2. The average Bonchev–Trinajstić information content (AvgIpc) is 3.03. The summed E-state index contributed by atoms with van der Waals surface area (Å²) in [5.74, 6) is -0.443. The van der Waals surface area contributed by atoms with Crippen molar-refractivity contribution in [1.29, 1.82) is 0 Å². The number of carbonyl (C=O) groups is 2. The van der Waals surface area contributed by atoms with Gasteiger partial charge in [0.15, 0.2) is 6.10 Å². The van der Waals surface area contributed by atoms with Crippen molar-refractivity contribution in [3.8, 4) is 5.75 Å². The van der Waals surface area contributed by atoms with Crippen LogP contribution in [0.3, 0.4) is 0 Å². The van der Waals surface area contributed by atoms with Crippen molar-refractivity contribution < 1.29 is 23.8 Å². The van der Waals surface area contributed by atoms with Crippen molar-refractivity contribution in [1.82, 2.24) is 4.57 Å². The summed E-state index contributed by atoms with van der Waals surface area (Å²) in [6, 6.07) is 11.0. The van der Waals surface area contributed by atoms with Gasteiger partial charge in [0.25, 0.3) is 0 Å². The Bertz CT molecular complexity index is 1180. The van der Waals surface area contributed by atoms with E-state index in [1.165, 1.54) is 13.2 Å². The van der Waals surface area contributed by atoms with Crippen molar-refractivity contribution in [3.63, 3.8) is 0 Å². The van der Waals surface area contributed by atoms with Gasteiger partial charge in [-0.15, -0.1) is 0 Å². The molecule has 0 radical (unpaired) electrons. The van der Waals surface area contributed by atoms with Gasteiger partial charge in [-0.05, 0) is 56.2 Å². The molecule has 0 bridgehead atoms. The minimum Gasteiger partial charge on any atom is -0.477 e. The second kappa shape index (κ2) is 9.92. The van der Waals surface area contributed by atoms with E-state index < -0.39 is 12.1 Å². The largest absolute Gasteiger partial charge is 0.477 e. The molecule has 1 heterocycles. The lowest BCUT2D eigenvalue weighted by Crippen LogP contribution is -2.25. The smallest absolute Gasteiger partial charge is 0.346 e. The van der Waals surface area contributed by atoms with Gasteiger partial charge < -0.3 is 18.8 Å². The van der Waals surface area contributed by atoms with Crippen LogP contribution in [0.4, 0.5) is 0 Å². The number of hydrogen-bond acceptors (Lipinski definition) is 5. The Hall–Kier alpha value is -3.25. The van der Waals surface area contributed by atoms with Gasteiger partial charge in [0.1, 0.15) is 12.4 Å². The van der Waals surface area contributed by atoms with Crippen LogP contribution in [-0.2, 0) is 20.8 Å². The highest BCUT2D eigenvalue weighted by atomic mass is 35.5. The summed E-state index contributed by atoms with van der Waals surface area (Å²) in [6.45, 7) is 9.89. The zero-order valence-electron chi connectivity index (χ0n) is 18.6. The molecule has 6 nitrogen and oxygen atoms in total. The summed E-state index contributed by atoms with van der Waals surface area (Å²) in [7, 11) is 1.31. The predicted molar refractivity (Wildman–Crippen MR) is 125 cm³/mol. The zero-order chi connectivity index (χ0) is 23.4. The number of halogens is 1. The third kappa shape index (κ3) is 4.65. The van der Waals surface area contributed by atoms with Gasteiger partial charge in [0, 0.05) is 23.1 Å². The van der Waals surface area contributed by atoms with Crippen LogP contribution in [0.2, 0.25) is 5.02 Å². The van der Waals surface area contributed by atoms with Crippen molar-refractivity contribution in [2.45, 2.75) is 33.4 Å². The van der Waals surface area contributed by atoms with Gasteiger partial charge in [-0.25, -0.2) is 9.59 Å². The molecule has 2 aromatic carbocycles. The maximum atomic E-state index is 12.2. The zero-order valence-corrected chi connectivity index (χ0v) is 19.4. The number of rotatable bonds is 8. The van der Waals surface area contributed by atoms with Crippen LogP contribution in [0.15, 0.2) is 49.1 Å². The van der Waals surface area contributed by atoms with Crippen LogP contribution < -0.4 is 4.74 Å². The summed E-state index contributed by atoms with van der Waals surface area (Å²) in [6.07, 6.45) is 0.763. The third-order valence-corrected chi connectivity index (χ3v) is 5.84. The predicted octanol–water partition coefficient (Wildman–Crippen LogP) is 5.24. The molecule has 3 aromatic rings. The van der Waals surface area contributed by atoms with Crippen LogP contribution >= 0.6 is 11.6 Å². The standard InChI is InChI=1S/C25H26ClNO5/c1-6-12-31-25(29)18-10-11-21-20(13-18)15(2)16(3)27(21)14-19-8-7-9-22(23(19)26)32-17(4)24(28)30-5/h6-11,13,17H,1,12,14H2,2-5H3/t17-/m0/s1. The lowest BCUT2D eigenvalue weighted by molar-refractivity contribution is -0.147. The van der Waals surface area contributed by atoms with Gasteiger partial charge in [-0.2, -0.15) is 0 Å². The Morgan fingerprint density at radius 2 is 1.97 bits per heavy atom. The van der Waals surface area contributed by atoms with Crippen molar-refractivity contribution >= 4 is 34.4 Å². The van der Waals surface area contributed by atoms with E-state index in [1.54, 1.807) is 19.1 Å². The second-order valence-corrected chi connectivity index (χ2v) is 7.81. The van der Waals surface area contributed by atoms with Crippen LogP contribution in [-0.4, -0.2) is 36.3 Å². The number of nitrogens with zero attached hydrogens (tertiary/aromatic N) is 1. The Labute approximate surface area is 192 Å². The van der Waals surface area contributed by atoms with Gasteiger partial charge >= 0.3 is 11.9 Å². The van der Waals surface area contributed by atoms with Crippen molar-refractivity contribution in [2.75, 3.05) is 13.7 Å². The molecule has 0 fully saturated rings. The molecule has 7 heteroatoms. The molecule has 32 heavy (non-hydrogen) atoms. The second-order valence-electron chi connectivity index (χ2n) is 7.43. The molecule has 0 unspecified atom stereocenters. The van der Waals surface area contributed by atoms with Crippen LogP contribution in [0.25, 0.3) is 10.9 Å². The van der Waals surface area contributed by atoms with Crippen molar-refractivity contribution in [3.05, 3.63) is 76.5 Å². The number of aryl methyl sites for hydroxylation is 1. The summed E-state index contributed by atoms with van der Waals surface area (Å²) in [5.41, 5.74) is 4.44. The van der Waals surface area contributed by atoms with E-state index in [0.717, 1.165) is 27.7 Å². The highest BCUT2D eigenvalue weighted by Crippen LogP contribution is 2.32. The van der Waals surface area contributed by atoms with E-state index >= 15 is 0 Å². The van der Waals surface area contributed by atoms with Gasteiger partial charge in [-0.1, -0.05) is 36.4 Å². The quantitative estimate of drug-likeness (QED) is 0.343. The van der Waals surface area contributed by atoms with Crippen molar-refractivity contribution in [2.24, 2.45) is 0 Å². The topological polar surface area (TPSA) is 66.8 Å². The Morgan fingerprint density at radius 1 is 1.22 bits per heavy atom. The number of ether oxygens (including phenoxy) is 3. The Morgan fingerprint density at radius 3 is 2.66 bits per heavy atom. The maximum Gasteiger partial charge on any atom is 0.346 e. The first-order valence-corrected chi connectivity index (χ1v) is 10.6. The van der Waals surface area contributed by atoms with Crippen LogP contribution in [0.1, 0.15) is 34.1 Å². The minimum absolute atomic E-state index is 0.168. The molecule has 0 saturated carbocycles. The molecule has 0 spiro atoms. The molecule has 1 atom stereocenters. The molecule has 0 saturated heterocycles. The summed E-state index contributed by atoms with van der Waals surface area (Å²) < 4.78 is 17.7. The molecular weight excluding hydrogens is 430 g/mol. The Kier molecular flexibility index (Phi) is 7.26. The number of fused-ring (bicyclic) bond motifs is 1. The fourth-order valence-electron chi connectivity index (χ4n) is 3.54. The number of esters is 2. The average molecular weight is 456 g/mol. The van der Waals surface area contributed by atoms with E-state index in [0.29, 0.717) is 22.9 Å². The number of hydrogen-bond donors (Lipinski definition) is 0. The fraction of sp³-hybridized carbons (Fsp3) is 0.280. The summed E-state index contributed by atoms with van der Waals surface area (Å²) in [5, 5.41) is 1.41. The molecule has 0 aliphatic rings. The van der Waals surface area contributed by atoms with E-state index in [2.05, 4.69) is 11.1 Å². The van der Waals surface area contributed by atoms with Gasteiger partial charge in [0.05, 0.1) is 17.7 Å². The minimum atomic E-state index is -0.775. The summed E-state index contributed by atoms with van der Waals surface area (Å²) >= 11 is 6.62. The first-order valence-electron chi connectivity index (χ1n) is 10.2. The SMILES string of the molecule is C=CCOC(=O)c1ccc2c(c1)c(C)c(C)n2Cc1cccc(O[C@@H](C)C(=O)OC)c1Cl. The lowest BCUT2D eigenvalue weighted by atomic mass is 10.1. The van der Waals surface area contributed by atoms with Gasteiger partial charge in [0.2, 0.25) is 0 Å². The molecule has 168 valence electrons.